The zero-order valence-electron chi connectivity index (χ0n) is 6.75. The monoisotopic (exact) mass is 157 g/mol. The van der Waals surface area contributed by atoms with Crippen LogP contribution in [-0.4, -0.2) is 23.6 Å². The summed E-state index contributed by atoms with van der Waals surface area (Å²) < 4.78 is 0. The van der Waals surface area contributed by atoms with E-state index in [1.54, 1.807) is 0 Å². The van der Waals surface area contributed by atoms with E-state index in [1.807, 2.05) is 0 Å². The Kier molecular flexibility index (Phi) is 2.70. The molecule has 1 aliphatic rings. The Hall–Kier alpha value is -0.770. The average Bonchev–Trinajstić information content (AvgIpc) is 2.78. The summed E-state index contributed by atoms with van der Waals surface area (Å²) in [4.78, 5) is 0. The molecule has 0 heterocycles. The maximum absolute atomic E-state index is 8.21. The van der Waals surface area contributed by atoms with E-state index in [4.69, 9.17) is 10.9 Å². The number of hydrogen-bond acceptors (Lipinski definition) is 3. The number of rotatable bonds is 4. The predicted molar refractivity (Wildman–Crippen MR) is 43.6 cm³/mol. The molecule has 1 rings (SSSR count). The lowest BCUT2D eigenvalue weighted by molar-refractivity contribution is 0.317. The van der Waals surface area contributed by atoms with Crippen LogP contribution in [0.25, 0.3) is 0 Å². The Morgan fingerprint density at radius 2 is 2.55 bits per heavy atom. The summed E-state index contributed by atoms with van der Waals surface area (Å²) in [6.45, 7) is 2.67. The first kappa shape index (κ1) is 8.33. The average molecular weight is 157 g/mol. The molecule has 0 radical (unpaired) electrons. The first-order valence-corrected chi connectivity index (χ1v) is 3.97. The van der Waals surface area contributed by atoms with Gasteiger partial charge in [0.2, 0.25) is 0 Å². The fraction of sp³-hybridized carbons (Fsp3) is 0.857. The van der Waals surface area contributed by atoms with Crippen molar-refractivity contribution in [2.75, 3.05) is 6.54 Å². The zero-order valence-corrected chi connectivity index (χ0v) is 6.75. The molecular weight excluding hydrogens is 142 g/mol. The Balaban J connectivity index is 2.06. The van der Waals surface area contributed by atoms with E-state index in [9.17, 15) is 0 Å². The van der Waals surface area contributed by atoms with Gasteiger partial charge in [0.15, 0.2) is 5.84 Å². The van der Waals surface area contributed by atoms with E-state index in [0.717, 1.165) is 5.92 Å². The molecule has 11 heavy (non-hydrogen) atoms. The van der Waals surface area contributed by atoms with Gasteiger partial charge in [-0.3, -0.25) is 0 Å². The van der Waals surface area contributed by atoms with Gasteiger partial charge in [0.25, 0.3) is 0 Å². The second-order valence-corrected chi connectivity index (χ2v) is 2.98. The first-order chi connectivity index (χ1) is 5.27. The molecule has 64 valence electrons. The number of nitrogens with zero attached hydrogens (tertiary/aromatic N) is 1. The lowest BCUT2D eigenvalue weighted by atomic mass is 10.3. The van der Waals surface area contributed by atoms with Crippen LogP contribution in [0.15, 0.2) is 5.16 Å². The lowest BCUT2D eigenvalue weighted by Gasteiger charge is -2.00. The van der Waals surface area contributed by atoms with Crippen molar-refractivity contribution in [1.29, 1.82) is 0 Å². The van der Waals surface area contributed by atoms with E-state index >= 15 is 0 Å². The van der Waals surface area contributed by atoms with Crippen molar-refractivity contribution in [3.63, 3.8) is 0 Å². The highest BCUT2D eigenvalue weighted by Gasteiger charge is 2.34. The maximum atomic E-state index is 8.21. The first-order valence-electron chi connectivity index (χ1n) is 3.97. The Morgan fingerprint density at radius 1 is 1.82 bits per heavy atom. The molecule has 0 aliphatic heterocycles. The van der Waals surface area contributed by atoms with Crippen molar-refractivity contribution in [2.45, 2.75) is 25.8 Å². The molecule has 0 aromatic heterocycles. The van der Waals surface area contributed by atoms with E-state index in [-0.39, 0.29) is 5.84 Å². The maximum Gasteiger partial charge on any atom is 0.153 e. The van der Waals surface area contributed by atoms with Crippen LogP contribution in [0, 0.1) is 5.92 Å². The molecule has 0 bridgehead atoms. The van der Waals surface area contributed by atoms with E-state index < -0.39 is 0 Å². The molecule has 0 amide bonds. The summed E-state index contributed by atoms with van der Waals surface area (Å²) in [5, 5.41) is 14.3. The predicted octanol–water partition coefficient (Wildman–Crippen LogP) is 0.121. The van der Waals surface area contributed by atoms with Crippen LogP contribution >= 0.6 is 0 Å². The molecule has 0 saturated heterocycles. The number of nitrogens with two attached hydrogens (primary N) is 1. The molecule has 1 aliphatic carbocycles. The van der Waals surface area contributed by atoms with Crippen LogP contribution in [0.4, 0.5) is 0 Å². The highest BCUT2D eigenvalue weighted by molar-refractivity contribution is 5.81. The van der Waals surface area contributed by atoms with Crippen LogP contribution in [0.3, 0.4) is 0 Å². The van der Waals surface area contributed by atoms with Gasteiger partial charge < -0.3 is 16.3 Å². The molecular formula is C7H15N3O. The normalized spacial score (nSPS) is 30.5. The third kappa shape index (κ3) is 2.38. The lowest BCUT2D eigenvalue weighted by Crippen LogP contribution is -2.31. The van der Waals surface area contributed by atoms with Gasteiger partial charge >= 0.3 is 0 Å². The number of oxime groups is 1. The smallest absolute Gasteiger partial charge is 0.153 e. The Morgan fingerprint density at radius 3 is 3.00 bits per heavy atom. The third-order valence-electron chi connectivity index (χ3n) is 2.12. The second kappa shape index (κ2) is 3.57. The fourth-order valence-electron chi connectivity index (χ4n) is 1.22. The molecule has 0 aromatic rings. The van der Waals surface area contributed by atoms with Gasteiger partial charge in [-0.1, -0.05) is 18.5 Å². The summed E-state index contributed by atoms with van der Waals surface area (Å²) >= 11 is 0. The van der Waals surface area contributed by atoms with Gasteiger partial charge in [0.1, 0.15) is 0 Å². The standard InChI is InChI=1S/C7H15N3O/c1-2-5-3-6(5)9-4-7(8)10-11/h5-6,9,11H,2-4H2,1H3,(H2,8,10). The summed E-state index contributed by atoms with van der Waals surface area (Å²) in [6, 6.07) is 0.597. The van der Waals surface area contributed by atoms with Crippen LogP contribution in [0.2, 0.25) is 0 Å². The third-order valence-corrected chi connectivity index (χ3v) is 2.12. The van der Waals surface area contributed by atoms with Crippen molar-refractivity contribution < 1.29 is 5.21 Å². The van der Waals surface area contributed by atoms with Gasteiger partial charge in [0, 0.05) is 6.04 Å². The quantitative estimate of drug-likeness (QED) is 0.235. The fourth-order valence-corrected chi connectivity index (χ4v) is 1.22. The van der Waals surface area contributed by atoms with Gasteiger partial charge in [-0.15, -0.1) is 0 Å². The largest absolute Gasteiger partial charge is 0.409 e. The number of nitrogens with one attached hydrogen (secondary N) is 1. The van der Waals surface area contributed by atoms with Crippen LogP contribution in [0.5, 0.6) is 0 Å². The number of amidine groups is 1. The van der Waals surface area contributed by atoms with Crippen molar-refractivity contribution >= 4 is 5.84 Å². The Labute approximate surface area is 66.5 Å². The molecule has 0 spiro atoms. The molecule has 1 saturated carbocycles. The SMILES string of the molecule is CCC1CC1NCC(N)=NO. The van der Waals surface area contributed by atoms with E-state index in [2.05, 4.69) is 17.4 Å². The van der Waals surface area contributed by atoms with E-state index in [1.165, 1.54) is 12.8 Å². The van der Waals surface area contributed by atoms with Crippen molar-refractivity contribution in [3.05, 3.63) is 0 Å². The molecule has 2 unspecified atom stereocenters. The molecule has 4 N–H and O–H groups in total. The summed E-state index contributed by atoms with van der Waals surface area (Å²) in [5.74, 6) is 1.06. The highest BCUT2D eigenvalue weighted by atomic mass is 16.4. The summed E-state index contributed by atoms with van der Waals surface area (Å²) in [5.41, 5.74) is 5.27. The van der Waals surface area contributed by atoms with Gasteiger partial charge in [-0.25, -0.2) is 0 Å². The van der Waals surface area contributed by atoms with Gasteiger partial charge in [-0.05, 0) is 12.3 Å². The molecule has 1 fully saturated rings. The highest BCUT2D eigenvalue weighted by Crippen LogP contribution is 2.32. The summed E-state index contributed by atoms with van der Waals surface area (Å²) in [7, 11) is 0. The topological polar surface area (TPSA) is 70.6 Å². The second-order valence-electron chi connectivity index (χ2n) is 2.98. The summed E-state index contributed by atoms with van der Waals surface area (Å²) in [6.07, 6.45) is 2.45. The van der Waals surface area contributed by atoms with Crippen LogP contribution in [-0.2, 0) is 0 Å². The van der Waals surface area contributed by atoms with Crippen LogP contribution in [0.1, 0.15) is 19.8 Å². The van der Waals surface area contributed by atoms with Crippen molar-refractivity contribution in [1.82, 2.24) is 5.32 Å². The van der Waals surface area contributed by atoms with E-state index in [0.29, 0.717) is 12.6 Å². The van der Waals surface area contributed by atoms with Gasteiger partial charge in [-0.2, -0.15) is 0 Å². The molecule has 4 nitrogen and oxygen atoms in total. The van der Waals surface area contributed by atoms with Crippen molar-refractivity contribution in [2.24, 2.45) is 16.8 Å². The van der Waals surface area contributed by atoms with Crippen molar-refractivity contribution in [3.8, 4) is 0 Å². The molecule has 4 heteroatoms. The van der Waals surface area contributed by atoms with Crippen LogP contribution < -0.4 is 11.1 Å². The minimum Gasteiger partial charge on any atom is -0.409 e. The minimum atomic E-state index is 0.256. The molecule has 0 aromatic carbocycles. The number of hydrogen-bond donors (Lipinski definition) is 3. The zero-order chi connectivity index (χ0) is 8.27. The minimum absolute atomic E-state index is 0.256. The van der Waals surface area contributed by atoms with Gasteiger partial charge in [0.05, 0.1) is 6.54 Å². The molecule has 2 atom stereocenters. The Bertz CT molecular complexity index is 158.